The smallest absolute Gasteiger partial charge is 0.337 e. The Bertz CT molecular complexity index is 812. The average Bonchev–Trinajstić information content (AvgIpc) is 2.71. The quantitative estimate of drug-likeness (QED) is 0.888. The fraction of sp³-hybridized carbons (Fsp3) is 0.154. The van der Waals surface area contributed by atoms with E-state index < -0.39 is 16.0 Å². The van der Waals surface area contributed by atoms with Gasteiger partial charge in [0.25, 0.3) is 10.0 Å². The average molecular weight is 346 g/mol. The Morgan fingerprint density at radius 3 is 2.48 bits per heavy atom. The molecule has 0 saturated carbocycles. The first-order valence-electron chi connectivity index (χ1n) is 5.83. The van der Waals surface area contributed by atoms with Gasteiger partial charge in [-0.1, -0.05) is 11.6 Å². The zero-order chi connectivity index (χ0) is 15.8. The van der Waals surface area contributed by atoms with Crippen molar-refractivity contribution in [3.63, 3.8) is 0 Å². The van der Waals surface area contributed by atoms with Crippen LogP contribution in [0.5, 0.6) is 0 Å². The van der Waals surface area contributed by atoms with Crippen LogP contribution in [0.2, 0.25) is 5.02 Å². The van der Waals surface area contributed by atoms with Gasteiger partial charge in [0, 0.05) is 10.6 Å². The molecule has 1 heterocycles. The van der Waals surface area contributed by atoms with E-state index in [0.29, 0.717) is 5.56 Å². The topological polar surface area (TPSA) is 83.5 Å². The molecule has 0 spiro atoms. The predicted octanol–water partition coefficient (Wildman–Crippen LogP) is 3.52. The third-order valence-electron chi connectivity index (χ3n) is 2.69. The lowest BCUT2D eigenvalue weighted by Crippen LogP contribution is -2.13. The second-order valence-electron chi connectivity index (χ2n) is 4.43. The van der Waals surface area contributed by atoms with Crippen LogP contribution >= 0.6 is 22.9 Å². The van der Waals surface area contributed by atoms with E-state index in [1.807, 2.05) is 6.92 Å². The number of nitrogens with one attached hydrogen (secondary N) is 1. The molecule has 2 N–H and O–H groups in total. The standard InChI is InChI=1S/C13H12ClNO4S2/c1-7-5-8(2)20-13(7)21(18,19)15-9-3-4-11(14)10(6-9)12(16)17/h3-6,15H,1-2H3,(H,16,17). The maximum absolute atomic E-state index is 12.3. The minimum atomic E-state index is -3.75. The molecule has 2 aromatic rings. The normalized spacial score (nSPS) is 11.4. The summed E-state index contributed by atoms with van der Waals surface area (Å²) in [7, 11) is -3.75. The molecule has 0 radical (unpaired) electrons. The van der Waals surface area contributed by atoms with Crippen molar-refractivity contribution in [3.8, 4) is 0 Å². The lowest BCUT2D eigenvalue weighted by molar-refractivity contribution is 0.0697. The summed E-state index contributed by atoms with van der Waals surface area (Å²) in [6.07, 6.45) is 0. The van der Waals surface area contributed by atoms with E-state index in [2.05, 4.69) is 4.72 Å². The Labute approximate surface area is 131 Å². The summed E-state index contributed by atoms with van der Waals surface area (Å²) in [6.45, 7) is 3.53. The van der Waals surface area contributed by atoms with Crippen molar-refractivity contribution in [2.45, 2.75) is 18.1 Å². The number of thiophene rings is 1. The maximum Gasteiger partial charge on any atom is 0.337 e. The summed E-state index contributed by atoms with van der Waals surface area (Å²) in [4.78, 5) is 11.9. The van der Waals surface area contributed by atoms with Gasteiger partial charge in [-0.25, -0.2) is 13.2 Å². The number of hydrogen-bond acceptors (Lipinski definition) is 4. The molecule has 0 atom stereocenters. The van der Waals surface area contributed by atoms with Crippen molar-refractivity contribution in [1.29, 1.82) is 0 Å². The van der Waals surface area contributed by atoms with Gasteiger partial charge >= 0.3 is 5.97 Å². The number of halogens is 1. The monoisotopic (exact) mass is 345 g/mol. The highest BCUT2D eigenvalue weighted by Gasteiger charge is 2.20. The fourth-order valence-electron chi connectivity index (χ4n) is 1.84. The van der Waals surface area contributed by atoms with Crippen LogP contribution in [-0.2, 0) is 10.0 Å². The molecular formula is C13H12ClNO4S2. The molecule has 0 unspecified atom stereocenters. The minimum Gasteiger partial charge on any atom is -0.478 e. The molecule has 0 saturated heterocycles. The van der Waals surface area contributed by atoms with Crippen molar-refractivity contribution >= 4 is 44.6 Å². The summed E-state index contributed by atoms with van der Waals surface area (Å²) >= 11 is 6.91. The lowest BCUT2D eigenvalue weighted by Gasteiger charge is -2.08. The van der Waals surface area contributed by atoms with Crippen LogP contribution in [0.25, 0.3) is 0 Å². The molecule has 21 heavy (non-hydrogen) atoms. The number of carbonyl (C=O) groups is 1. The van der Waals surface area contributed by atoms with Gasteiger partial charge in [0.15, 0.2) is 0 Å². The Hall–Kier alpha value is -1.57. The Kier molecular flexibility index (Phi) is 4.27. The molecule has 0 fully saturated rings. The first kappa shape index (κ1) is 15.8. The number of carboxylic acid groups (broad SMARTS) is 1. The molecule has 1 aromatic carbocycles. The van der Waals surface area contributed by atoms with E-state index in [1.54, 1.807) is 13.0 Å². The highest BCUT2D eigenvalue weighted by Crippen LogP contribution is 2.29. The van der Waals surface area contributed by atoms with Crippen molar-refractivity contribution in [2.24, 2.45) is 0 Å². The number of benzene rings is 1. The zero-order valence-electron chi connectivity index (χ0n) is 11.2. The van der Waals surface area contributed by atoms with Crippen LogP contribution in [0.1, 0.15) is 20.8 Å². The molecule has 0 amide bonds. The van der Waals surface area contributed by atoms with E-state index in [4.69, 9.17) is 16.7 Å². The van der Waals surface area contributed by atoms with E-state index in [1.165, 1.54) is 18.2 Å². The summed E-state index contributed by atoms with van der Waals surface area (Å²) in [6, 6.07) is 5.74. The summed E-state index contributed by atoms with van der Waals surface area (Å²) in [5.74, 6) is -1.22. The molecule has 0 bridgehead atoms. The largest absolute Gasteiger partial charge is 0.478 e. The molecule has 8 heteroatoms. The molecule has 5 nitrogen and oxygen atoms in total. The van der Waals surface area contributed by atoms with Crippen LogP contribution in [0, 0.1) is 13.8 Å². The molecule has 0 aliphatic rings. The van der Waals surface area contributed by atoms with Crippen LogP contribution in [0.15, 0.2) is 28.5 Å². The third-order valence-corrected chi connectivity index (χ3v) is 6.19. The molecule has 0 aliphatic heterocycles. The van der Waals surface area contributed by atoms with E-state index in [-0.39, 0.29) is 20.5 Å². The molecule has 1 aromatic heterocycles. The Balaban J connectivity index is 2.40. The summed E-state index contributed by atoms with van der Waals surface area (Å²) in [5, 5.41) is 9.04. The van der Waals surface area contributed by atoms with Gasteiger partial charge in [-0.05, 0) is 43.7 Å². The highest BCUT2D eigenvalue weighted by molar-refractivity contribution is 7.94. The second-order valence-corrected chi connectivity index (χ2v) is 7.97. The number of sulfonamides is 1. The van der Waals surface area contributed by atoms with Crippen molar-refractivity contribution in [3.05, 3.63) is 45.3 Å². The van der Waals surface area contributed by atoms with Gasteiger partial charge in [-0.3, -0.25) is 4.72 Å². The SMILES string of the molecule is Cc1cc(C)c(S(=O)(=O)Nc2ccc(Cl)c(C(=O)O)c2)s1. The van der Waals surface area contributed by atoms with Crippen LogP contribution in [0.4, 0.5) is 5.69 Å². The minimum absolute atomic E-state index is 0.0496. The van der Waals surface area contributed by atoms with Gasteiger partial charge < -0.3 is 5.11 Å². The highest BCUT2D eigenvalue weighted by atomic mass is 35.5. The Morgan fingerprint density at radius 2 is 1.95 bits per heavy atom. The summed E-state index contributed by atoms with van der Waals surface area (Å²) < 4.78 is 27.2. The third kappa shape index (κ3) is 3.37. The van der Waals surface area contributed by atoms with Crippen molar-refractivity contribution in [2.75, 3.05) is 4.72 Å². The van der Waals surface area contributed by atoms with Crippen LogP contribution in [-0.4, -0.2) is 19.5 Å². The number of rotatable bonds is 4. The molecule has 0 aliphatic carbocycles. The van der Waals surface area contributed by atoms with Crippen molar-refractivity contribution in [1.82, 2.24) is 0 Å². The van der Waals surface area contributed by atoms with Gasteiger partial charge in [0.05, 0.1) is 10.6 Å². The maximum atomic E-state index is 12.3. The molecular weight excluding hydrogens is 334 g/mol. The summed E-state index contributed by atoms with van der Waals surface area (Å²) in [5.41, 5.74) is 0.649. The molecule has 112 valence electrons. The molecule has 2 rings (SSSR count). The van der Waals surface area contributed by atoms with Crippen molar-refractivity contribution < 1.29 is 18.3 Å². The van der Waals surface area contributed by atoms with Gasteiger partial charge in [0.1, 0.15) is 4.21 Å². The predicted molar refractivity (Wildman–Crippen MR) is 83.0 cm³/mol. The number of hydrogen-bond donors (Lipinski definition) is 2. The number of anilines is 1. The van der Waals surface area contributed by atoms with E-state index in [0.717, 1.165) is 16.2 Å². The lowest BCUT2D eigenvalue weighted by atomic mass is 10.2. The van der Waals surface area contributed by atoms with E-state index >= 15 is 0 Å². The zero-order valence-corrected chi connectivity index (χ0v) is 13.6. The van der Waals surface area contributed by atoms with E-state index in [9.17, 15) is 13.2 Å². The number of aryl methyl sites for hydroxylation is 2. The number of aromatic carboxylic acids is 1. The van der Waals surface area contributed by atoms with Crippen LogP contribution in [0.3, 0.4) is 0 Å². The van der Waals surface area contributed by atoms with Crippen LogP contribution < -0.4 is 4.72 Å². The number of carboxylic acids is 1. The van der Waals surface area contributed by atoms with Gasteiger partial charge in [-0.2, -0.15) is 0 Å². The van der Waals surface area contributed by atoms with Gasteiger partial charge in [0.2, 0.25) is 0 Å². The Morgan fingerprint density at radius 1 is 1.29 bits per heavy atom. The first-order chi connectivity index (χ1) is 9.70. The van der Waals surface area contributed by atoms with Gasteiger partial charge in [-0.15, -0.1) is 11.3 Å². The first-order valence-corrected chi connectivity index (χ1v) is 8.51. The fourth-order valence-corrected chi connectivity index (χ4v) is 4.76. The second kappa shape index (κ2) is 5.67.